The number of para-hydroxylation sites is 3. The largest absolute Gasteiger partial charge is 0.381 e. The first-order valence-electron chi connectivity index (χ1n) is 7.25. The molecule has 1 atom stereocenters. The maximum atomic E-state index is 12.8. The molecule has 0 radical (unpaired) electrons. The number of rotatable bonds is 3. The molecule has 108 valence electrons. The van der Waals surface area contributed by atoms with Gasteiger partial charge in [-0.3, -0.25) is 4.79 Å². The third-order valence-corrected chi connectivity index (χ3v) is 3.70. The van der Waals surface area contributed by atoms with Gasteiger partial charge < -0.3 is 15.5 Å². The van der Waals surface area contributed by atoms with E-state index >= 15 is 0 Å². The number of carbonyl (C=O) groups is 1. The van der Waals surface area contributed by atoms with Gasteiger partial charge in [0.15, 0.2) is 0 Å². The van der Waals surface area contributed by atoms with Gasteiger partial charge in [-0.2, -0.15) is 0 Å². The molecule has 1 aliphatic heterocycles. The standard InChI is InChI=1S/C17H19N3O/c1-2-20(13-8-4-3-5-9-13)17(21)16-12-18-14-10-6-7-11-15(14)19-16/h3-11,16,18-19H,2,12H2,1H3. The Morgan fingerprint density at radius 2 is 1.76 bits per heavy atom. The zero-order valence-electron chi connectivity index (χ0n) is 12.0. The summed E-state index contributed by atoms with van der Waals surface area (Å²) in [5.74, 6) is 0.0886. The van der Waals surface area contributed by atoms with E-state index in [4.69, 9.17) is 0 Å². The van der Waals surface area contributed by atoms with Gasteiger partial charge in [0.05, 0.1) is 11.4 Å². The lowest BCUT2D eigenvalue weighted by Gasteiger charge is -2.31. The Hall–Kier alpha value is -2.49. The minimum atomic E-state index is -0.250. The van der Waals surface area contributed by atoms with E-state index in [-0.39, 0.29) is 11.9 Å². The van der Waals surface area contributed by atoms with Gasteiger partial charge >= 0.3 is 0 Å². The molecule has 4 heteroatoms. The van der Waals surface area contributed by atoms with Crippen molar-refractivity contribution in [1.82, 2.24) is 0 Å². The Bertz CT molecular complexity index is 627. The molecular weight excluding hydrogens is 262 g/mol. The van der Waals surface area contributed by atoms with Crippen LogP contribution in [0.1, 0.15) is 6.92 Å². The third kappa shape index (κ3) is 2.70. The van der Waals surface area contributed by atoms with Crippen molar-refractivity contribution in [3.05, 3.63) is 54.6 Å². The lowest BCUT2D eigenvalue weighted by Crippen LogP contribution is -2.48. The molecular formula is C17H19N3O. The fourth-order valence-electron chi connectivity index (χ4n) is 2.62. The van der Waals surface area contributed by atoms with Gasteiger partial charge in [0.1, 0.15) is 6.04 Å². The third-order valence-electron chi connectivity index (χ3n) is 3.70. The zero-order chi connectivity index (χ0) is 14.7. The monoisotopic (exact) mass is 281 g/mol. The number of amides is 1. The molecule has 0 fully saturated rings. The molecule has 0 bridgehead atoms. The molecule has 4 nitrogen and oxygen atoms in total. The topological polar surface area (TPSA) is 44.4 Å². The van der Waals surface area contributed by atoms with Crippen LogP contribution in [0.15, 0.2) is 54.6 Å². The van der Waals surface area contributed by atoms with Crippen molar-refractivity contribution in [3.63, 3.8) is 0 Å². The Kier molecular flexibility index (Phi) is 3.77. The van der Waals surface area contributed by atoms with Crippen molar-refractivity contribution in [2.75, 3.05) is 28.6 Å². The van der Waals surface area contributed by atoms with Gasteiger partial charge in [-0.1, -0.05) is 30.3 Å². The SMILES string of the molecule is CCN(C(=O)C1CNc2ccccc2N1)c1ccccc1. The van der Waals surface area contributed by atoms with Crippen LogP contribution in [0.5, 0.6) is 0 Å². The van der Waals surface area contributed by atoms with Gasteiger partial charge in [0.25, 0.3) is 5.91 Å². The summed E-state index contributed by atoms with van der Waals surface area (Å²) in [7, 11) is 0. The summed E-state index contributed by atoms with van der Waals surface area (Å²) in [6, 6.07) is 17.5. The van der Waals surface area contributed by atoms with Gasteiger partial charge in [-0.05, 0) is 31.2 Å². The van der Waals surface area contributed by atoms with Crippen molar-refractivity contribution in [2.24, 2.45) is 0 Å². The first-order valence-corrected chi connectivity index (χ1v) is 7.25. The number of likely N-dealkylation sites (N-methyl/N-ethyl adjacent to an activating group) is 1. The molecule has 2 aromatic rings. The molecule has 2 N–H and O–H groups in total. The summed E-state index contributed by atoms with van der Waals surface area (Å²) in [5.41, 5.74) is 2.96. The first-order chi connectivity index (χ1) is 10.3. The molecule has 2 aromatic carbocycles. The molecule has 1 amide bonds. The van der Waals surface area contributed by atoms with Gasteiger partial charge in [0, 0.05) is 18.8 Å². The van der Waals surface area contributed by atoms with Gasteiger partial charge in [-0.15, -0.1) is 0 Å². The predicted octanol–water partition coefficient (Wildman–Crippen LogP) is 2.95. The number of fused-ring (bicyclic) bond motifs is 1. The van der Waals surface area contributed by atoms with E-state index in [9.17, 15) is 4.79 Å². The zero-order valence-corrected chi connectivity index (χ0v) is 12.0. The first kappa shape index (κ1) is 13.5. The highest BCUT2D eigenvalue weighted by atomic mass is 16.2. The highest BCUT2D eigenvalue weighted by molar-refractivity contribution is 6.00. The summed E-state index contributed by atoms with van der Waals surface area (Å²) in [6.07, 6.45) is 0. The Morgan fingerprint density at radius 3 is 2.48 bits per heavy atom. The van der Waals surface area contributed by atoms with Crippen LogP contribution in [0.25, 0.3) is 0 Å². The molecule has 0 aromatic heterocycles. The average molecular weight is 281 g/mol. The Morgan fingerprint density at radius 1 is 1.10 bits per heavy atom. The molecule has 1 unspecified atom stereocenters. The van der Waals surface area contributed by atoms with Crippen LogP contribution in [0, 0.1) is 0 Å². The molecule has 3 rings (SSSR count). The Labute approximate surface area is 124 Å². The molecule has 0 saturated carbocycles. The number of hydrogen-bond donors (Lipinski definition) is 2. The molecule has 1 heterocycles. The maximum absolute atomic E-state index is 12.8. The van der Waals surface area contributed by atoms with E-state index in [1.165, 1.54) is 0 Å². The lowest BCUT2D eigenvalue weighted by atomic mass is 10.1. The van der Waals surface area contributed by atoms with Crippen molar-refractivity contribution >= 4 is 23.0 Å². The van der Waals surface area contributed by atoms with Crippen LogP contribution < -0.4 is 15.5 Å². The molecule has 1 aliphatic rings. The highest BCUT2D eigenvalue weighted by Crippen LogP contribution is 2.26. The van der Waals surface area contributed by atoms with Crippen LogP contribution in [-0.2, 0) is 4.79 Å². The van der Waals surface area contributed by atoms with E-state index in [1.807, 2.05) is 66.4 Å². The fourth-order valence-corrected chi connectivity index (χ4v) is 2.62. The second-order valence-electron chi connectivity index (χ2n) is 5.04. The van der Waals surface area contributed by atoms with Crippen LogP contribution in [0.4, 0.5) is 17.1 Å². The van der Waals surface area contributed by atoms with Gasteiger partial charge in [0.2, 0.25) is 0 Å². The Balaban J connectivity index is 1.79. The average Bonchev–Trinajstić information content (AvgIpc) is 2.56. The molecule has 0 aliphatic carbocycles. The van der Waals surface area contributed by atoms with Crippen molar-refractivity contribution in [2.45, 2.75) is 13.0 Å². The van der Waals surface area contributed by atoms with E-state index in [0.717, 1.165) is 17.1 Å². The summed E-state index contributed by atoms with van der Waals surface area (Å²) in [5, 5.41) is 6.64. The van der Waals surface area contributed by atoms with E-state index < -0.39 is 0 Å². The lowest BCUT2D eigenvalue weighted by molar-refractivity contribution is -0.119. The second kappa shape index (κ2) is 5.87. The summed E-state index contributed by atoms with van der Waals surface area (Å²) in [4.78, 5) is 14.6. The fraction of sp³-hybridized carbons (Fsp3) is 0.235. The number of benzene rings is 2. The molecule has 0 saturated heterocycles. The number of nitrogens with one attached hydrogen (secondary N) is 2. The number of carbonyl (C=O) groups excluding carboxylic acids is 1. The number of nitrogens with zero attached hydrogens (tertiary/aromatic N) is 1. The van der Waals surface area contributed by atoms with E-state index in [1.54, 1.807) is 0 Å². The number of hydrogen-bond acceptors (Lipinski definition) is 3. The molecule has 0 spiro atoms. The van der Waals surface area contributed by atoms with Crippen molar-refractivity contribution in [1.29, 1.82) is 0 Å². The normalized spacial score (nSPS) is 16.3. The summed E-state index contributed by atoms with van der Waals surface area (Å²) < 4.78 is 0. The summed E-state index contributed by atoms with van der Waals surface area (Å²) >= 11 is 0. The highest BCUT2D eigenvalue weighted by Gasteiger charge is 2.27. The van der Waals surface area contributed by atoms with E-state index in [2.05, 4.69) is 10.6 Å². The smallest absolute Gasteiger partial charge is 0.251 e. The van der Waals surface area contributed by atoms with Crippen LogP contribution in [0.2, 0.25) is 0 Å². The quantitative estimate of drug-likeness (QED) is 0.909. The second-order valence-corrected chi connectivity index (χ2v) is 5.04. The minimum absolute atomic E-state index is 0.0886. The molecule has 21 heavy (non-hydrogen) atoms. The van der Waals surface area contributed by atoms with Crippen LogP contribution in [-0.4, -0.2) is 25.0 Å². The predicted molar refractivity (Wildman–Crippen MR) is 86.8 cm³/mol. The minimum Gasteiger partial charge on any atom is -0.381 e. The summed E-state index contributed by atoms with van der Waals surface area (Å²) in [6.45, 7) is 3.25. The number of anilines is 3. The maximum Gasteiger partial charge on any atom is 0.251 e. The van der Waals surface area contributed by atoms with E-state index in [0.29, 0.717) is 13.1 Å². The van der Waals surface area contributed by atoms with Crippen molar-refractivity contribution < 1.29 is 4.79 Å². The van der Waals surface area contributed by atoms with Crippen LogP contribution >= 0.6 is 0 Å². The van der Waals surface area contributed by atoms with Crippen LogP contribution in [0.3, 0.4) is 0 Å². The van der Waals surface area contributed by atoms with Gasteiger partial charge in [-0.25, -0.2) is 0 Å². The van der Waals surface area contributed by atoms with Crippen molar-refractivity contribution in [3.8, 4) is 0 Å².